The van der Waals surface area contributed by atoms with Gasteiger partial charge >= 0.3 is 5.97 Å². The van der Waals surface area contributed by atoms with Gasteiger partial charge in [-0.2, -0.15) is 0 Å². The smallest absolute Gasteiger partial charge is 0.338 e. The highest BCUT2D eigenvalue weighted by Crippen LogP contribution is 2.18. The van der Waals surface area contributed by atoms with Crippen molar-refractivity contribution in [3.63, 3.8) is 0 Å². The van der Waals surface area contributed by atoms with Crippen molar-refractivity contribution in [1.29, 1.82) is 0 Å². The molecule has 0 saturated heterocycles. The molecule has 0 aliphatic rings. The Labute approximate surface area is 152 Å². The van der Waals surface area contributed by atoms with E-state index >= 15 is 0 Å². The molecule has 5 nitrogen and oxygen atoms in total. The first-order chi connectivity index (χ1) is 12.5. The van der Waals surface area contributed by atoms with E-state index < -0.39 is 0 Å². The van der Waals surface area contributed by atoms with Crippen molar-refractivity contribution in [3.8, 4) is 5.75 Å². The third kappa shape index (κ3) is 4.30. The fourth-order valence-electron chi connectivity index (χ4n) is 2.58. The number of benzene rings is 2. The Kier molecular flexibility index (Phi) is 5.37. The standard InChI is InChI=1S/C21H21NO4/c1-14-5-4-6-17(11-14)12-25-21(23)18-7-9-19(10-8-18)24-13-20-15(2)22-26-16(20)3/h4-11H,12-13H2,1-3H3. The Morgan fingerprint density at radius 3 is 2.46 bits per heavy atom. The number of nitrogens with zero attached hydrogens (tertiary/aromatic N) is 1. The molecular weight excluding hydrogens is 330 g/mol. The molecule has 0 atom stereocenters. The normalized spacial score (nSPS) is 10.6. The van der Waals surface area contributed by atoms with E-state index in [1.807, 2.05) is 45.0 Å². The first kappa shape index (κ1) is 17.7. The number of hydrogen-bond donors (Lipinski definition) is 0. The van der Waals surface area contributed by atoms with Gasteiger partial charge in [-0.15, -0.1) is 0 Å². The molecule has 0 unspecified atom stereocenters. The number of aryl methyl sites for hydroxylation is 3. The Morgan fingerprint density at radius 2 is 1.81 bits per heavy atom. The van der Waals surface area contributed by atoms with Crippen LogP contribution in [0.1, 0.15) is 38.5 Å². The predicted molar refractivity (Wildman–Crippen MR) is 97.0 cm³/mol. The van der Waals surface area contributed by atoms with Crippen molar-refractivity contribution in [2.24, 2.45) is 0 Å². The van der Waals surface area contributed by atoms with Gasteiger partial charge in [0.2, 0.25) is 0 Å². The average Bonchev–Trinajstić information content (AvgIpc) is 2.96. The molecular formula is C21H21NO4. The van der Waals surface area contributed by atoms with E-state index in [4.69, 9.17) is 14.0 Å². The van der Waals surface area contributed by atoms with E-state index in [9.17, 15) is 4.79 Å². The van der Waals surface area contributed by atoms with Crippen molar-refractivity contribution < 1.29 is 18.8 Å². The van der Waals surface area contributed by atoms with Gasteiger partial charge in [0.05, 0.1) is 16.8 Å². The van der Waals surface area contributed by atoms with Crippen LogP contribution in [-0.2, 0) is 18.0 Å². The molecule has 0 fully saturated rings. The number of rotatable bonds is 6. The summed E-state index contributed by atoms with van der Waals surface area (Å²) in [6, 6.07) is 14.8. The quantitative estimate of drug-likeness (QED) is 0.610. The molecule has 0 spiro atoms. The van der Waals surface area contributed by atoms with Crippen LogP contribution in [0.2, 0.25) is 0 Å². The molecule has 0 aliphatic heterocycles. The zero-order valence-electron chi connectivity index (χ0n) is 15.1. The summed E-state index contributed by atoms with van der Waals surface area (Å²) >= 11 is 0. The SMILES string of the molecule is Cc1cccc(COC(=O)c2ccc(OCc3c(C)noc3C)cc2)c1. The van der Waals surface area contributed by atoms with Crippen LogP contribution in [0.25, 0.3) is 0 Å². The zero-order valence-corrected chi connectivity index (χ0v) is 15.1. The van der Waals surface area contributed by atoms with Crippen LogP contribution in [0.15, 0.2) is 53.1 Å². The number of carbonyl (C=O) groups excluding carboxylic acids is 1. The second-order valence-electron chi connectivity index (χ2n) is 6.18. The molecule has 0 saturated carbocycles. The first-order valence-electron chi connectivity index (χ1n) is 8.40. The fourth-order valence-corrected chi connectivity index (χ4v) is 2.58. The van der Waals surface area contributed by atoms with Gasteiger partial charge in [-0.25, -0.2) is 4.79 Å². The monoisotopic (exact) mass is 351 g/mol. The lowest BCUT2D eigenvalue weighted by atomic mass is 10.1. The van der Waals surface area contributed by atoms with Crippen molar-refractivity contribution in [1.82, 2.24) is 5.16 Å². The third-order valence-corrected chi connectivity index (χ3v) is 4.11. The minimum atomic E-state index is -0.358. The lowest BCUT2D eigenvalue weighted by Crippen LogP contribution is -2.05. The van der Waals surface area contributed by atoms with Crippen LogP contribution in [0, 0.1) is 20.8 Å². The number of esters is 1. The maximum Gasteiger partial charge on any atom is 0.338 e. The van der Waals surface area contributed by atoms with Gasteiger partial charge < -0.3 is 14.0 Å². The second kappa shape index (κ2) is 7.87. The van der Waals surface area contributed by atoms with Crippen molar-refractivity contribution in [2.75, 3.05) is 0 Å². The van der Waals surface area contributed by atoms with Gasteiger partial charge in [0.1, 0.15) is 24.7 Å². The van der Waals surface area contributed by atoms with E-state index in [-0.39, 0.29) is 12.6 Å². The van der Waals surface area contributed by atoms with Crippen molar-refractivity contribution >= 4 is 5.97 Å². The highest BCUT2D eigenvalue weighted by atomic mass is 16.5. The molecule has 0 radical (unpaired) electrons. The largest absolute Gasteiger partial charge is 0.489 e. The molecule has 0 aliphatic carbocycles. The molecule has 1 heterocycles. The number of aromatic nitrogens is 1. The zero-order chi connectivity index (χ0) is 18.5. The maximum absolute atomic E-state index is 12.2. The van der Waals surface area contributed by atoms with Gasteiger partial charge in [0.25, 0.3) is 0 Å². The van der Waals surface area contributed by atoms with E-state index in [0.717, 1.165) is 28.1 Å². The highest BCUT2D eigenvalue weighted by molar-refractivity contribution is 5.89. The Bertz CT molecular complexity index is 877. The van der Waals surface area contributed by atoms with Gasteiger partial charge in [-0.3, -0.25) is 0 Å². The minimum absolute atomic E-state index is 0.255. The lowest BCUT2D eigenvalue weighted by Gasteiger charge is -2.08. The predicted octanol–water partition coefficient (Wildman–Crippen LogP) is 4.54. The number of ether oxygens (including phenoxy) is 2. The van der Waals surface area contributed by atoms with Gasteiger partial charge in [-0.05, 0) is 50.6 Å². The lowest BCUT2D eigenvalue weighted by molar-refractivity contribution is 0.0472. The van der Waals surface area contributed by atoms with E-state index in [1.54, 1.807) is 24.3 Å². The maximum atomic E-state index is 12.2. The molecule has 134 valence electrons. The summed E-state index contributed by atoms with van der Waals surface area (Å²) in [5.74, 6) is 1.06. The Hall–Kier alpha value is -3.08. The molecule has 3 rings (SSSR count). The third-order valence-electron chi connectivity index (χ3n) is 4.11. The summed E-state index contributed by atoms with van der Waals surface area (Å²) in [4.78, 5) is 12.2. The summed E-state index contributed by atoms with van der Waals surface area (Å²) in [6.07, 6.45) is 0. The summed E-state index contributed by atoms with van der Waals surface area (Å²) < 4.78 is 16.2. The van der Waals surface area contributed by atoms with Crippen molar-refractivity contribution in [2.45, 2.75) is 34.0 Å². The van der Waals surface area contributed by atoms with Crippen LogP contribution < -0.4 is 4.74 Å². The van der Waals surface area contributed by atoms with Gasteiger partial charge in [0, 0.05) is 0 Å². The van der Waals surface area contributed by atoms with Crippen LogP contribution >= 0.6 is 0 Å². The number of hydrogen-bond acceptors (Lipinski definition) is 5. The second-order valence-corrected chi connectivity index (χ2v) is 6.18. The van der Waals surface area contributed by atoms with Crippen LogP contribution in [0.4, 0.5) is 0 Å². The molecule has 0 N–H and O–H groups in total. The highest BCUT2D eigenvalue weighted by Gasteiger charge is 2.11. The fraction of sp³-hybridized carbons (Fsp3) is 0.238. The van der Waals surface area contributed by atoms with Crippen LogP contribution in [0.3, 0.4) is 0 Å². The molecule has 3 aromatic rings. The summed E-state index contributed by atoms with van der Waals surface area (Å²) in [5.41, 5.74) is 4.35. The topological polar surface area (TPSA) is 61.6 Å². The summed E-state index contributed by atoms with van der Waals surface area (Å²) in [5, 5.41) is 3.90. The number of carbonyl (C=O) groups is 1. The minimum Gasteiger partial charge on any atom is -0.489 e. The molecule has 5 heteroatoms. The van der Waals surface area contributed by atoms with Gasteiger partial charge in [0.15, 0.2) is 0 Å². The van der Waals surface area contributed by atoms with Crippen LogP contribution in [0.5, 0.6) is 5.75 Å². The Morgan fingerprint density at radius 1 is 1.04 bits per heavy atom. The molecule has 0 amide bonds. The molecule has 1 aromatic heterocycles. The molecule has 2 aromatic carbocycles. The molecule has 0 bridgehead atoms. The van der Waals surface area contributed by atoms with Crippen molar-refractivity contribution in [3.05, 3.63) is 82.2 Å². The van der Waals surface area contributed by atoms with E-state index in [2.05, 4.69) is 5.16 Å². The summed E-state index contributed by atoms with van der Waals surface area (Å²) in [7, 11) is 0. The average molecular weight is 351 g/mol. The molecule has 26 heavy (non-hydrogen) atoms. The first-order valence-corrected chi connectivity index (χ1v) is 8.40. The Balaban J connectivity index is 1.56. The van der Waals surface area contributed by atoms with Gasteiger partial charge in [-0.1, -0.05) is 35.0 Å². The van der Waals surface area contributed by atoms with E-state index in [1.165, 1.54) is 0 Å². The van der Waals surface area contributed by atoms with Crippen LogP contribution in [-0.4, -0.2) is 11.1 Å². The van der Waals surface area contributed by atoms with E-state index in [0.29, 0.717) is 17.9 Å². The summed E-state index contributed by atoms with van der Waals surface area (Å²) in [6.45, 7) is 6.37.